The van der Waals surface area contributed by atoms with Gasteiger partial charge in [-0.3, -0.25) is 14.9 Å². The standard InChI is InChI=1S/C16H28N2O2/c1-16(2,3)11-5-4-6-12(8-7-11)17-13-9-10-14(19)18-15(13)20/h11-13,17H,4-10H2,1-3H3,(H,18,19,20). The lowest BCUT2D eigenvalue weighted by atomic mass is 9.76. The molecule has 4 heteroatoms. The Morgan fingerprint density at radius 1 is 1.05 bits per heavy atom. The largest absolute Gasteiger partial charge is 0.303 e. The molecule has 4 nitrogen and oxygen atoms in total. The van der Waals surface area contributed by atoms with Crippen molar-refractivity contribution < 1.29 is 9.59 Å². The van der Waals surface area contributed by atoms with E-state index in [9.17, 15) is 9.59 Å². The minimum atomic E-state index is -0.177. The van der Waals surface area contributed by atoms with Gasteiger partial charge in [0.05, 0.1) is 6.04 Å². The zero-order valence-corrected chi connectivity index (χ0v) is 13.0. The summed E-state index contributed by atoms with van der Waals surface area (Å²) in [6, 6.07) is 0.246. The van der Waals surface area contributed by atoms with Crippen LogP contribution in [0, 0.1) is 11.3 Å². The maximum atomic E-state index is 11.8. The first-order chi connectivity index (χ1) is 9.36. The van der Waals surface area contributed by atoms with Gasteiger partial charge in [0.1, 0.15) is 0 Å². The Bertz CT molecular complexity index is 373. The Labute approximate surface area is 122 Å². The van der Waals surface area contributed by atoms with E-state index in [0.29, 0.717) is 24.3 Å². The monoisotopic (exact) mass is 280 g/mol. The Balaban J connectivity index is 1.85. The van der Waals surface area contributed by atoms with Crippen molar-refractivity contribution in [2.75, 3.05) is 0 Å². The first kappa shape index (κ1) is 15.5. The molecular weight excluding hydrogens is 252 g/mol. The highest BCUT2D eigenvalue weighted by Gasteiger charge is 2.31. The van der Waals surface area contributed by atoms with Crippen LogP contribution in [0.15, 0.2) is 0 Å². The normalized spacial score (nSPS) is 32.6. The molecule has 2 rings (SSSR count). The second-order valence-corrected chi connectivity index (χ2v) is 7.44. The van der Waals surface area contributed by atoms with Crippen LogP contribution in [0.5, 0.6) is 0 Å². The Hall–Kier alpha value is -0.900. The zero-order chi connectivity index (χ0) is 14.8. The fourth-order valence-electron chi connectivity index (χ4n) is 3.47. The number of hydrogen-bond acceptors (Lipinski definition) is 3. The molecule has 1 saturated carbocycles. The molecule has 1 heterocycles. The summed E-state index contributed by atoms with van der Waals surface area (Å²) in [5.74, 6) is 0.496. The third-order valence-corrected chi connectivity index (χ3v) is 4.87. The van der Waals surface area contributed by atoms with Gasteiger partial charge in [0.2, 0.25) is 11.8 Å². The molecule has 1 saturated heterocycles. The third-order valence-electron chi connectivity index (χ3n) is 4.87. The Morgan fingerprint density at radius 2 is 1.80 bits per heavy atom. The molecule has 114 valence electrons. The number of imide groups is 1. The van der Waals surface area contributed by atoms with Crippen molar-refractivity contribution in [3.8, 4) is 0 Å². The average molecular weight is 280 g/mol. The van der Waals surface area contributed by atoms with Gasteiger partial charge in [-0.2, -0.15) is 0 Å². The lowest BCUT2D eigenvalue weighted by Crippen LogP contribution is -2.53. The van der Waals surface area contributed by atoms with Crippen molar-refractivity contribution in [3.05, 3.63) is 0 Å². The first-order valence-electron chi connectivity index (χ1n) is 7.96. The Kier molecular flexibility index (Phi) is 4.84. The number of rotatable bonds is 2. The number of carbonyl (C=O) groups is 2. The number of carbonyl (C=O) groups excluding carboxylic acids is 2. The summed E-state index contributed by atoms with van der Waals surface area (Å²) in [5, 5.41) is 5.90. The van der Waals surface area contributed by atoms with Gasteiger partial charge in [-0.25, -0.2) is 0 Å². The molecule has 2 amide bonds. The highest BCUT2D eigenvalue weighted by atomic mass is 16.2. The predicted octanol–water partition coefficient (Wildman–Crippen LogP) is 2.38. The van der Waals surface area contributed by atoms with Gasteiger partial charge in [-0.15, -0.1) is 0 Å². The average Bonchev–Trinajstić information content (AvgIpc) is 2.58. The molecule has 1 aliphatic heterocycles. The van der Waals surface area contributed by atoms with E-state index in [4.69, 9.17) is 0 Å². The smallest absolute Gasteiger partial charge is 0.243 e. The number of nitrogens with one attached hydrogen (secondary N) is 2. The van der Waals surface area contributed by atoms with Crippen molar-refractivity contribution in [1.29, 1.82) is 0 Å². The summed E-state index contributed by atoms with van der Waals surface area (Å²) in [5.41, 5.74) is 0.378. The second kappa shape index (κ2) is 6.25. The number of hydrogen-bond donors (Lipinski definition) is 2. The van der Waals surface area contributed by atoms with E-state index in [-0.39, 0.29) is 17.9 Å². The minimum absolute atomic E-state index is 0.137. The predicted molar refractivity (Wildman–Crippen MR) is 79.1 cm³/mol. The van der Waals surface area contributed by atoms with Crippen molar-refractivity contribution in [3.63, 3.8) is 0 Å². The van der Waals surface area contributed by atoms with Crippen LogP contribution in [0.3, 0.4) is 0 Å². The van der Waals surface area contributed by atoms with Crippen LogP contribution in [-0.2, 0) is 9.59 Å². The van der Waals surface area contributed by atoms with Gasteiger partial charge in [-0.05, 0) is 43.4 Å². The van der Waals surface area contributed by atoms with Crippen LogP contribution in [0.4, 0.5) is 0 Å². The summed E-state index contributed by atoms with van der Waals surface area (Å²) >= 11 is 0. The van der Waals surface area contributed by atoms with Gasteiger partial charge in [0.15, 0.2) is 0 Å². The highest BCUT2D eigenvalue weighted by Crippen LogP contribution is 2.36. The van der Waals surface area contributed by atoms with E-state index >= 15 is 0 Å². The molecule has 2 fully saturated rings. The summed E-state index contributed by atoms with van der Waals surface area (Å²) in [6.07, 6.45) is 7.13. The lowest BCUT2D eigenvalue weighted by molar-refractivity contribution is -0.134. The van der Waals surface area contributed by atoms with Crippen molar-refractivity contribution in [2.24, 2.45) is 11.3 Å². The van der Waals surface area contributed by atoms with Gasteiger partial charge < -0.3 is 5.32 Å². The Morgan fingerprint density at radius 3 is 2.45 bits per heavy atom. The van der Waals surface area contributed by atoms with Crippen LogP contribution in [-0.4, -0.2) is 23.9 Å². The maximum Gasteiger partial charge on any atom is 0.243 e. The molecular formula is C16H28N2O2. The maximum absolute atomic E-state index is 11.8. The summed E-state index contributed by atoms with van der Waals surface area (Å²) in [4.78, 5) is 23.0. The number of piperidine rings is 1. The van der Waals surface area contributed by atoms with E-state index in [1.807, 2.05) is 0 Å². The molecule has 0 radical (unpaired) electrons. The van der Waals surface area contributed by atoms with E-state index in [1.165, 1.54) is 19.3 Å². The van der Waals surface area contributed by atoms with E-state index in [0.717, 1.165) is 18.8 Å². The molecule has 20 heavy (non-hydrogen) atoms. The molecule has 1 aliphatic carbocycles. The lowest BCUT2D eigenvalue weighted by Gasteiger charge is -2.30. The van der Waals surface area contributed by atoms with Gasteiger partial charge in [-0.1, -0.05) is 27.2 Å². The van der Waals surface area contributed by atoms with Crippen molar-refractivity contribution in [1.82, 2.24) is 10.6 Å². The third kappa shape index (κ3) is 4.05. The van der Waals surface area contributed by atoms with E-state index in [2.05, 4.69) is 31.4 Å². The summed E-state index contributed by atoms with van der Waals surface area (Å²) < 4.78 is 0. The summed E-state index contributed by atoms with van der Waals surface area (Å²) in [7, 11) is 0. The van der Waals surface area contributed by atoms with Gasteiger partial charge >= 0.3 is 0 Å². The van der Waals surface area contributed by atoms with Gasteiger partial charge in [0, 0.05) is 12.5 Å². The summed E-state index contributed by atoms with van der Waals surface area (Å²) in [6.45, 7) is 6.98. The molecule has 3 unspecified atom stereocenters. The minimum Gasteiger partial charge on any atom is -0.303 e. The molecule has 0 spiro atoms. The fourth-order valence-corrected chi connectivity index (χ4v) is 3.47. The molecule has 0 aromatic carbocycles. The fraction of sp³-hybridized carbons (Fsp3) is 0.875. The molecule has 0 aromatic heterocycles. The molecule has 3 atom stereocenters. The van der Waals surface area contributed by atoms with E-state index in [1.54, 1.807) is 0 Å². The molecule has 0 aromatic rings. The van der Waals surface area contributed by atoms with E-state index < -0.39 is 0 Å². The van der Waals surface area contributed by atoms with Crippen LogP contribution >= 0.6 is 0 Å². The molecule has 0 bridgehead atoms. The number of amides is 2. The van der Waals surface area contributed by atoms with Crippen molar-refractivity contribution in [2.45, 2.75) is 77.8 Å². The topological polar surface area (TPSA) is 58.2 Å². The SMILES string of the molecule is CC(C)(C)C1CCCC(NC2CCC(=O)NC2=O)CC1. The zero-order valence-electron chi connectivity index (χ0n) is 13.0. The quantitative estimate of drug-likeness (QED) is 0.603. The van der Waals surface area contributed by atoms with Crippen LogP contribution in [0.2, 0.25) is 0 Å². The molecule has 2 N–H and O–H groups in total. The first-order valence-corrected chi connectivity index (χ1v) is 7.96. The molecule has 2 aliphatic rings. The van der Waals surface area contributed by atoms with Crippen LogP contribution in [0.1, 0.15) is 65.7 Å². The van der Waals surface area contributed by atoms with Crippen LogP contribution in [0.25, 0.3) is 0 Å². The van der Waals surface area contributed by atoms with Crippen LogP contribution < -0.4 is 10.6 Å². The van der Waals surface area contributed by atoms with Gasteiger partial charge in [0.25, 0.3) is 0 Å². The highest BCUT2D eigenvalue weighted by molar-refractivity contribution is 6.00. The second-order valence-electron chi connectivity index (χ2n) is 7.44. The van der Waals surface area contributed by atoms with Crippen molar-refractivity contribution >= 4 is 11.8 Å².